The number of carbonyl (C=O) groups excluding carboxylic acids is 1. The van der Waals surface area contributed by atoms with E-state index in [2.05, 4.69) is 10.2 Å². The Balaban J connectivity index is 2.28. The fraction of sp³-hybridized carbons (Fsp3) is 0.727. The summed E-state index contributed by atoms with van der Waals surface area (Å²) in [5, 5.41) is 8.30. The molecule has 0 atom stereocenters. The van der Waals surface area contributed by atoms with E-state index in [-0.39, 0.29) is 5.91 Å². The maximum absolute atomic E-state index is 11.4. The zero-order valence-electron chi connectivity index (χ0n) is 10.9. The molecule has 0 aliphatic carbocycles. The molecule has 2 N–H and O–H groups in total. The number of amides is 1. The Bertz CT molecular complexity index is 368. The summed E-state index contributed by atoms with van der Waals surface area (Å²) in [6.07, 6.45) is 3.86. The minimum absolute atomic E-state index is 0.0303. The van der Waals surface area contributed by atoms with Gasteiger partial charge >= 0.3 is 0 Å². The van der Waals surface area contributed by atoms with Crippen LogP contribution in [0.4, 0.5) is 0 Å². The van der Waals surface area contributed by atoms with E-state index in [1.54, 1.807) is 14.1 Å². The Kier molecular flexibility index (Phi) is 6.74. The van der Waals surface area contributed by atoms with Gasteiger partial charge in [-0.15, -0.1) is 10.2 Å². The standard InChI is InChI=1S/C11H20N4O2S/c1-15(2)10(16)8-18-11-14-13-9(17-11)6-4-3-5-7-12/h3-8,12H2,1-2H3. The third-order valence-corrected chi connectivity index (χ3v) is 3.16. The SMILES string of the molecule is CN(C)C(=O)CSc1nnc(CCCCCN)o1. The monoisotopic (exact) mass is 272 g/mol. The highest BCUT2D eigenvalue weighted by Gasteiger charge is 2.10. The molecule has 0 saturated carbocycles. The van der Waals surface area contributed by atoms with Gasteiger partial charge in [-0.2, -0.15) is 0 Å². The van der Waals surface area contributed by atoms with Gasteiger partial charge < -0.3 is 15.1 Å². The summed E-state index contributed by atoms with van der Waals surface area (Å²) in [5.74, 6) is 0.983. The van der Waals surface area contributed by atoms with Crippen molar-refractivity contribution in [2.45, 2.75) is 30.9 Å². The minimum atomic E-state index is 0.0303. The van der Waals surface area contributed by atoms with Gasteiger partial charge in [-0.05, 0) is 19.4 Å². The molecule has 7 heteroatoms. The van der Waals surface area contributed by atoms with E-state index in [0.717, 1.165) is 32.2 Å². The quantitative estimate of drug-likeness (QED) is 0.559. The van der Waals surface area contributed by atoms with Crippen LogP contribution in [0.25, 0.3) is 0 Å². The molecule has 0 bridgehead atoms. The second-order valence-electron chi connectivity index (χ2n) is 4.14. The first-order valence-electron chi connectivity index (χ1n) is 5.99. The number of thioether (sulfide) groups is 1. The van der Waals surface area contributed by atoms with Crippen molar-refractivity contribution in [1.82, 2.24) is 15.1 Å². The first-order chi connectivity index (χ1) is 8.63. The van der Waals surface area contributed by atoms with Gasteiger partial charge in [-0.1, -0.05) is 18.2 Å². The summed E-state index contributed by atoms with van der Waals surface area (Å²) >= 11 is 1.27. The summed E-state index contributed by atoms with van der Waals surface area (Å²) in [5.41, 5.74) is 5.41. The normalized spacial score (nSPS) is 10.6. The van der Waals surface area contributed by atoms with Crippen LogP contribution >= 0.6 is 11.8 Å². The fourth-order valence-electron chi connectivity index (χ4n) is 1.25. The van der Waals surface area contributed by atoms with E-state index >= 15 is 0 Å². The second kappa shape index (κ2) is 8.10. The van der Waals surface area contributed by atoms with Crippen molar-refractivity contribution in [3.05, 3.63) is 5.89 Å². The average Bonchev–Trinajstić information content (AvgIpc) is 2.79. The van der Waals surface area contributed by atoms with Crippen LogP contribution in [0.2, 0.25) is 0 Å². The Hall–Kier alpha value is -1.08. The number of nitrogens with zero attached hydrogens (tertiary/aromatic N) is 3. The third-order valence-electron chi connectivity index (χ3n) is 2.36. The Morgan fingerprint density at radius 1 is 1.33 bits per heavy atom. The zero-order chi connectivity index (χ0) is 13.4. The molecule has 0 radical (unpaired) electrons. The molecule has 1 amide bonds. The highest BCUT2D eigenvalue weighted by Crippen LogP contribution is 2.17. The van der Waals surface area contributed by atoms with Gasteiger partial charge in [0.15, 0.2) is 0 Å². The second-order valence-corrected chi connectivity index (χ2v) is 5.06. The molecule has 0 spiro atoms. The fourth-order valence-corrected chi connectivity index (χ4v) is 2.01. The van der Waals surface area contributed by atoms with Gasteiger partial charge in [0.2, 0.25) is 11.8 Å². The van der Waals surface area contributed by atoms with Gasteiger partial charge in [-0.3, -0.25) is 4.79 Å². The summed E-state index contributed by atoms with van der Waals surface area (Å²) in [7, 11) is 3.44. The number of aromatic nitrogens is 2. The van der Waals surface area contributed by atoms with Crippen LogP contribution in [0.3, 0.4) is 0 Å². The molecule has 102 valence electrons. The largest absolute Gasteiger partial charge is 0.416 e. The highest BCUT2D eigenvalue weighted by molar-refractivity contribution is 7.99. The number of rotatable bonds is 8. The summed E-state index contributed by atoms with van der Waals surface area (Å²) in [4.78, 5) is 12.9. The van der Waals surface area contributed by atoms with Crippen molar-refractivity contribution in [3.8, 4) is 0 Å². The van der Waals surface area contributed by atoms with Crippen LogP contribution in [-0.4, -0.2) is 47.4 Å². The lowest BCUT2D eigenvalue weighted by molar-refractivity contribution is -0.125. The van der Waals surface area contributed by atoms with Crippen molar-refractivity contribution in [2.75, 3.05) is 26.4 Å². The lowest BCUT2D eigenvalue weighted by Gasteiger charge is -2.07. The summed E-state index contributed by atoms with van der Waals surface area (Å²) in [6.45, 7) is 0.720. The average molecular weight is 272 g/mol. The van der Waals surface area contributed by atoms with E-state index in [1.165, 1.54) is 16.7 Å². The Labute approximate surface area is 111 Å². The van der Waals surface area contributed by atoms with Crippen molar-refractivity contribution >= 4 is 17.7 Å². The van der Waals surface area contributed by atoms with Crippen LogP contribution in [0, 0.1) is 0 Å². The molecule has 0 aliphatic rings. The predicted octanol–water partition coefficient (Wildman–Crippen LogP) is 0.921. The number of nitrogens with two attached hydrogens (primary N) is 1. The predicted molar refractivity (Wildman–Crippen MR) is 70.3 cm³/mol. The lowest BCUT2D eigenvalue weighted by atomic mass is 10.2. The number of aryl methyl sites for hydroxylation is 1. The highest BCUT2D eigenvalue weighted by atomic mass is 32.2. The van der Waals surface area contributed by atoms with Gasteiger partial charge in [0, 0.05) is 20.5 Å². The van der Waals surface area contributed by atoms with Gasteiger partial charge in [-0.25, -0.2) is 0 Å². The molecule has 1 aromatic rings. The number of carbonyl (C=O) groups is 1. The van der Waals surface area contributed by atoms with Crippen LogP contribution in [-0.2, 0) is 11.2 Å². The molecule has 0 saturated heterocycles. The number of hydrogen-bond donors (Lipinski definition) is 1. The Morgan fingerprint density at radius 3 is 2.78 bits per heavy atom. The molecule has 0 aromatic carbocycles. The van der Waals surface area contributed by atoms with E-state index in [4.69, 9.17) is 10.2 Å². The number of hydrogen-bond acceptors (Lipinski definition) is 6. The molecular formula is C11H20N4O2S. The van der Waals surface area contributed by atoms with E-state index < -0.39 is 0 Å². The molecule has 0 aliphatic heterocycles. The van der Waals surface area contributed by atoms with Crippen molar-refractivity contribution in [2.24, 2.45) is 5.73 Å². The van der Waals surface area contributed by atoms with E-state index in [0.29, 0.717) is 16.9 Å². The first-order valence-corrected chi connectivity index (χ1v) is 6.97. The van der Waals surface area contributed by atoms with Crippen molar-refractivity contribution < 1.29 is 9.21 Å². The van der Waals surface area contributed by atoms with E-state index in [9.17, 15) is 4.79 Å². The maximum atomic E-state index is 11.4. The molecule has 0 fully saturated rings. The molecule has 1 rings (SSSR count). The maximum Gasteiger partial charge on any atom is 0.277 e. The molecule has 1 aromatic heterocycles. The van der Waals surface area contributed by atoms with Crippen LogP contribution in [0.1, 0.15) is 25.2 Å². The lowest BCUT2D eigenvalue weighted by Crippen LogP contribution is -2.23. The first kappa shape index (κ1) is 15.0. The molecule has 1 heterocycles. The molecular weight excluding hydrogens is 252 g/mol. The van der Waals surface area contributed by atoms with Gasteiger partial charge in [0.05, 0.1) is 5.75 Å². The molecule has 6 nitrogen and oxygen atoms in total. The number of unbranched alkanes of at least 4 members (excludes halogenated alkanes) is 2. The smallest absolute Gasteiger partial charge is 0.277 e. The molecule has 0 unspecified atom stereocenters. The van der Waals surface area contributed by atoms with E-state index in [1.807, 2.05) is 0 Å². The van der Waals surface area contributed by atoms with Crippen LogP contribution in [0.15, 0.2) is 9.64 Å². The summed E-state index contributed by atoms with van der Waals surface area (Å²) in [6, 6.07) is 0. The van der Waals surface area contributed by atoms with Crippen molar-refractivity contribution in [3.63, 3.8) is 0 Å². The minimum Gasteiger partial charge on any atom is -0.416 e. The van der Waals surface area contributed by atoms with Crippen LogP contribution < -0.4 is 5.73 Å². The van der Waals surface area contributed by atoms with Gasteiger partial charge in [0.1, 0.15) is 0 Å². The zero-order valence-corrected chi connectivity index (χ0v) is 11.7. The summed E-state index contributed by atoms with van der Waals surface area (Å²) < 4.78 is 5.43. The Morgan fingerprint density at radius 2 is 2.11 bits per heavy atom. The molecule has 18 heavy (non-hydrogen) atoms. The van der Waals surface area contributed by atoms with Gasteiger partial charge in [0.25, 0.3) is 5.22 Å². The third kappa shape index (κ3) is 5.50. The van der Waals surface area contributed by atoms with Crippen LogP contribution in [0.5, 0.6) is 0 Å². The van der Waals surface area contributed by atoms with Crippen molar-refractivity contribution in [1.29, 1.82) is 0 Å². The topological polar surface area (TPSA) is 85.2 Å².